The molecule has 0 aliphatic heterocycles. The van der Waals surface area contributed by atoms with Crippen molar-refractivity contribution in [3.63, 3.8) is 0 Å². The van der Waals surface area contributed by atoms with Crippen molar-refractivity contribution in [1.29, 1.82) is 5.26 Å². The summed E-state index contributed by atoms with van der Waals surface area (Å²) in [6, 6.07) is 11.2. The van der Waals surface area contributed by atoms with Crippen molar-refractivity contribution in [2.45, 2.75) is 31.7 Å². The number of para-hydroxylation sites is 1. The highest BCUT2D eigenvalue weighted by Gasteiger charge is 2.35. The largest absolute Gasteiger partial charge is 0.460 e. The first kappa shape index (κ1) is 14.3. The molecule has 5 nitrogen and oxygen atoms in total. The van der Waals surface area contributed by atoms with Gasteiger partial charge in [-0.2, -0.15) is 5.26 Å². The van der Waals surface area contributed by atoms with E-state index in [0.717, 1.165) is 18.2 Å². The Hall–Kier alpha value is -2.61. The van der Waals surface area contributed by atoms with Gasteiger partial charge in [-0.3, -0.25) is 9.59 Å². The molecule has 2 aromatic rings. The Morgan fingerprint density at radius 2 is 2.09 bits per heavy atom. The summed E-state index contributed by atoms with van der Waals surface area (Å²) in [7, 11) is 0. The number of nitrogens with zero attached hydrogens (tertiary/aromatic N) is 1. The summed E-state index contributed by atoms with van der Waals surface area (Å²) in [6.45, 7) is 1.66. The predicted octanol–water partition coefficient (Wildman–Crippen LogP) is 2.52. The maximum atomic E-state index is 12.5. The molecule has 0 saturated heterocycles. The third-order valence-electron chi connectivity index (χ3n) is 3.90. The maximum absolute atomic E-state index is 12.5. The Morgan fingerprint density at radius 3 is 2.73 bits per heavy atom. The number of fused-ring (bicyclic) bond motifs is 1. The highest BCUT2D eigenvalue weighted by molar-refractivity contribution is 6.06. The number of benzene rings is 1. The van der Waals surface area contributed by atoms with E-state index in [1.54, 1.807) is 13.0 Å². The van der Waals surface area contributed by atoms with Crippen molar-refractivity contribution < 1.29 is 14.0 Å². The molecule has 1 saturated carbocycles. The summed E-state index contributed by atoms with van der Waals surface area (Å²) < 4.78 is 5.66. The highest BCUT2D eigenvalue weighted by atomic mass is 16.3. The average molecular weight is 296 g/mol. The van der Waals surface area contributed by atoms with Crippen LogP contribution in [0.3, 0.4) is 0 Å². The molecule has 1 aliphatic rings. The van der Waals surface area contributed by atoms with Gasteiger partial charge in [0.2, 0.25) is 5.91 Å². The molecular weight excluding hydrogens is 280 g/mol. The van der Waals surface area contributed by atoms with Gasteiger partial charge in [-0.05, 0) is 31.9 Å². The summed E-state index contributed by atoms with van der Waals surface area (Å²) in [5.74, 6) is -2.38. The molecule has 0 bridgehead atoms. The van der Waals surface area contributed by atoms with Gasteiger partial charge in [0.15, 0.2) is 11.7 Å². The van der Waals surface area contributed by atoms with Gasteiger partial charge >= 0.3 is 0 Å². The van der Waals surface area contributed by atoms with Gasteiger partial charge in [0.05, 0.1) is 12.0 Å². The van der Waals surface area contributed by atoms with E-state index in [-0.39, 0.29) is 6.04 Å². The number of carbonyl (C=O) groups excluding carboxylic acids is 2. The SMILES string of the molecule is C[C@H](C(=O)[C@H](C#N)C(=O)NC1CC1)c1cc2ccccc2o1. The molecule has 1 aromatic carbocycles. The van der Waals surface area contributed by atoms with E-state index in [1.807, 2.05) is 30.3 Å². The van der Waals surface area contributed by atoms with Crippen LogP contribution in [0.15, 0.2) is 34.7 Å². The van der Waals surface area contributed by atoms with E-state index < -0.39 is 23.5 Å². The molecule has 1 fully saturated rings. The molecular formula is C17H16N2O3. The van der Waals surface area contributed by atoms with Crippen LogP contribution in [0.1, 0.15) is 31.4 Å². The first-order chi connectivity index (χ1) is 10.6. The molecule has 22 heavy (non-hydrogen) atoms. The van der Waals surface area contributed by atoms with Gasteiger partial charge in [-0.15, -0.1) is 0 Å². The van der Waals surface area contributed by atoms with Gasteiger partial charge in [0, 0.05) is 11.4 Å². The van der Waals surface area contributed by atoms with E-state index in [2.05, 4.69) is 5.32 Å². The monoisotopic (exact) mass is 296 g/mol. The molecule has 1 amide bonds. The van der Waals surface area contributed by atoms with Gasteiger partial charge in [-0.25, -0.2) is 0 Å². The van der Waals surface area contributed by atoms with E-state index in [1.165, 1.54) is 0 Å². The van der Waals surface area contributed by atoms with Crippen LogP contribution < -0.4 is 5.32 Å². The number of hydrogen-bond acceptors (Lipinski definition) is 4. The zero-order chi connectivity index (χ0) is 15.7. The van der Waals surface area contributed by atoms with Crippen molar-refractivity contribution in [2.75, 3.05) is 0 Å². The van der Waals surface area contributed by atoms with E-state index in [4.69, 9.17) is 4.42 Å². The summed E-state index contributed by atoms with van der Waals surface area (Å²) in [5.41, 5.74) is 0.688. The summed E-state index contributed by atoms with van der Waals surface area (Å²) in [4.78, 5) is 24.4. The lowest BCUT2D eigenvalue weighted by Crippen LogP contribution is -2.37. The maximum Gasteiger partial charge on any atom is 0.245 e. The number of rotatable bonds is 5. The van der Waals surface area contributed by atoms with Crippen LogP contribution in [0.25, 0.3) is 11.0 Å². The molecule has 0 unspecified atom stereocenters. The second-order valence-electron chi connectivity index (χ2n) is 5.66. The van der Waals surface area contributed by atoms with Gasteiger partial charge in [0.1, 0.15) is 11.3 Å². The van der Waals surface area contributed by atoms with Crippen LogP contribution in [-0.4, -0.2) is 17.7 Å². The van der Waals surface area contributed by atoms with Crippen molar-refractivity contribution in [3.8, 4) is 6.07 Å². The lowest BCUT2D eigenvalue weighted by Gasteiger charge is -2.12. The lowest BCUT2D eigenvalue weighted by atomic mass is 9.92. The number of nitrogens with one attached hydrogen (secondary N) is 1. The summed E-state index contributed by atoms with van der Waals surface area (Å²) in [5, 5.41) is 12.8. The van der Waals surface area contributed by atoms with Crippen LogP contribution >= 0.6 is 0 Å². The van der Waals surface area contributed by atoms with E-state index in [0.29, 0.717) is 11.3 Å². The summed E-state index contributed by atoms with van der Waals surface area (Å²) in [6.07, 6.45) is 1.83. The summed E-state index contributed by atoms with van der Waals surface area (Å²) >= 11 is 0. The smallest absolute Gasteiger partial charge is 0.245 e. The first-order valence-electron chi connectivity index (χ1n) is 7.32. The van der Waals surface area contributed by atoms with Crippen molar-refractivity contribution >= 4 is 22.7 Å². The minimum absolute atomic E-state index is 0.123. The molecule has 112 valence electrons. The molecule has 0 radical (unpaired) electrons. The Morgan fingerprint density at radius 1 is 1.36 bits per heavy atom. The third kappa shape index (κ3) is 2.73. The molecule has 1 aliphatic carbocycles. The topological polar surface area (TPSA) is 83.1 Å². The third-order valence-corrected chi connectivity index (χ3v) is 3.90. The van der Waals surface area contributed by atoms with Gasteiger partial charge < -0.3 is 9.73 Å². The molecule has 1 N–H and O–H groups in total. The Labute approximate surface area is 127 Å². The normalized spacial score (nSPS) is 16.7. The fourth-order valence-electron chi connectivity index (χ4n) is 2.37. The van der Waals surface area contributed by atoms with Crippen LogP contribution in [-0.2, 0) is 9.59 Å². The number of Topliss-reactive ketones (excluding diaryl/α,β-unsaturated/α-hetero) is 1. The van der Waals surface area contributed by atoms with E-state index in [9.17, 15) is 14.9 Å². The molecule has 3 rings (SSSR count). The zero-order valence-corrected chi connectivity index (χ0v) is 12.2. The van der Waals surface area contributed by atoms with Gasteiger partial charge in [0.25, 0.3) is 0 Å². The van der Waals surface area contributed by atoms with Crippen molar-refractivity contribution in [1.82, 2.24) is 5.32 Å². The second kappa shape index (κ2) is 5.64. The van der Waals surface area contributed by atoms with Crippen LogP contribution in [0, 0.1) is 17.2 Å². The van der Waals surface area contributed by atoms with Gasteiger partial charge in [-0.1, -0.05) is 18.2 Å². The van der Waals surface area contributed by atoms with Crippen molar-refractivity contribution in [2.24, 2.45) is 5.92 Å². The molecule has 5 heteroatoms. The number of hydrogen-bond donors (Lipinski definition) is 1. The zero-order valence-electron chi connectivity index (χ0n) is 12.2. The van der Waals surface area contributed by atoms with Crippen molar-refractivity contribution in [3.05, 3.63) is 36.1 Å². The minimum Gasteiger partial charge on any atom is -0.460 e. The van der Waals surface area contributed by atoms with Crippen LogP contribution in [0.4, 0.5) is 0 Å². The molecule has 1 aromatic heterocycles. The Kier molecular flexibility index (Phi) is 3.68. The Balaban J connectivity index is 1.79. The van der Waals surface area contributed by atoms with Crippen LogP contribution in [0.5, 0.6) is 0 Å². The number of carbonyl (C=O) groups is 2. The molecule has 2 atom stereocenters. The fourth-order valence-corrected chi connectivity index (χ4v) is 2.37. The lowest BCUT2D eigenvalue weighted by molar-refractivity contribution is -0.132. The Bertz CT molecular complexity index is 735. The predicted molar refractivity (Wildman–Crippen MR) is 79.9 cm³/mol. The molecule has 1 heterocycles. The number of amides is 1. The highest BCUT2D eigenvalue weighted by Crippen LogP contribution is 2.27. The first-order valence-corrected chi connectivity index (χ1v) is 7.32. The second-order valence-corrected chi connectivity index (χ2v) is 5.66. The fraction of sp³-hybridized carbons (Fsp3) is 0.353. The average Bonchev–Trinajstić information content (AvgIpc) is 3.21. The minimum atomic E-state index is -1.29. The number of furan rings is 1. The number of nitriles is 1. The van der Waals surface area contributed by atoms with Crippen LogP contribution in [0.2, 0.25) is 0 Å². The number of ketones is 1. The molecule has 0 spiro atoms. The van der Waals surface area contributed by atoms with E-state index >= 15 is 0 Å². The standard InChI is InChI=1S/C17H16N2O3/c1-10(15-8-11-4-2-3-5-14(11)22-15)16(20)13(9-18)17(21)19-12-6-7-12/h2-5,8,10,12-13H,6-7H2,1H3,(H,19,21)/t10-,13-/m0/s1. The quantitative estimate of drug-likeness (QED) is 0.859.